The van der Waals surface area contributed by atoms with Crippen LogP contribution in [0.3, 0.4) is 0 Å². The number of hydrogen-bond donors (Lipinski definition) is 1. The fourth-order valence-corrected chi connectivity index (χ4v) is 1.93. The van der Waals surface area contributed by atoms with Gasteiger partial charge in [-0.3, -0.25) is 4.79 Å². The van der Waals surface area contributed by atoms with Gasteiger partial charge in [0.1, 0.15) is 5.75 Å². The molecule has 0 atom stereocenters. The third kappa shape index (κ3) is 3.30. The molecule has 1 aromatic carbocycles. The predicted octanol–water partition coefficient (Wildman–Crippen LogP) is 2.32. The minimum absolute atomic E-state index is 0.00817. The average Bonchev–Trinajstić information content (AvgIpc) is 3.13. The van der Waals surface area contributed by atoms with E-state index in [4.69, 9.17) is 4.74 Å². The highest BCUT2D eigenvalue weighted by Crippen LogP contribution is 2.28. The fourth-order valence-electron chi connectivity index (χ4n) is 1.37. The van der Waals surface area contributed by atoms with E-state index in [-0.39, 0.29) is 11.8 Å². The Kier molecular flexibility index (Phi) is 3.78. The van der Waals surface area contributed by atoms with Crippen LogP contribution in [0, 0.1) is 5.92 Å². The number of hydrazone groups is 1. The van der Waals surface area contributed by atoms with Gasteiger partial charge in [-0.15, -0.1) is 0 Å². The summed E-state index contributed by atoms with van der Waals surface area (Å²) in [5, 5.41) is 3.91. The first-order valence-electron chi connectivity index (χ1n) is 5.37. The van der Waals surface area contributed by atoms with Crippen LogP contribution < -0.4 is 10.2 Å². The van der Waals surface area contributed by atoms with Crippen molar-refractivity contribution in [2.45, 2.75) is 12.8 Å². The maximum atomic E-state index is 11.3. The standard InChI is InChI=1S/C12H13BrN2O2/c1-17-11-5-2-8(6-10(11)13)7-14-15-12(16)9-3-4-9/h2,5-7,9H,3-4H2,1H3,(H,15,16)/b14-7-. The number of halogens is 1. The van der Waals surface area contributed by atoms with E-state index >= 15 is 0 Å². The van der Waals surface area contributed by atoms with Crippen molar-refractivity contribution in [3.05, 3.63) is 28.2 Å². The lowest BCUT2D eigenvalue weighted by Crippen LogP contribution is -2.18. The zero-order valence-electron chi connectivity index (χ0n) is 9.44. The Hall–Kier alpha value is -1.36. The molecule has 0 spiro atoms. The summed E-state index contributed by atoms with van der Waals surface area (Å²) in [6.07, 6.45) is 3.58. The summed E-state index contributed by atoms with van der Waals surface area (Å²) in [4.78, 5) is 11.3. The van der Waals surface area contributed by atoms with Crippen molar-refractivity contribution in [3.8, 4) is 5.75 Å². The number of nitrogens with one attached hydrogen (secondary N) is 1. The number of benzene rings is 1. The zero-order valence-corrected chi connectivity index (χ0v) is 11.0. The fraction of sp³-hybridized carbons (Fsp3) is 0.333. The lowest BCUT2D eigenvalue weighted by molar-refractivity contribution is -0.122. The molecule has 0 aliphatic heterocycles. The molecule has 1 aromatic rings. The largest absolute Gasteiger partial charge is 0.496 e. The van der Waals surface area contributed by atoms with Gasteiger partial charge in [0, 0.05) is 5.92 Å². The Balaban J connectivity index is 1.95. The van der Waals surface area contributed by atoms with Gasteiger partial charge >= 0.3 is 0 Å². The summed E-state index contributed by atoms with van der Waals surface area (Å²) in [6, 6.07) is 5.59. The van der Waals surface area contributed by atoms with E-state index in [9.17, 15) is 4.79 Å². The molecule has 5 heteroatoms. The number of rotatable bonds is 4. The van der Waals surface area contributed by atoms with Gasteiger partial charge < -0.3 is 4.74 Å². The first kappa shape index (κ1) is 12.1. The summed E-state index contributed by atoms with van der Waals surface area (Å²) >= 11 is 3.39. The summed E-state index contributed by atoms with van der Waals surface area (Å²) in [6.45, 7) is 0. The van der Waals surface area contributed by atoms with E-state index in [1.165, 1.54) is 0 Å². The number of methoxy groups -OCH3 is 1. The van der Waals surface area contributed by atoms with E-state index in [1.54, 1.807) is 13.3 Å². The van der Waals surface area contributed by atoms with Crippen molar-refractivity contribution in [1.29, 1.82) is 0 Å². The second-order valence-electron chi connectivity index (χ2n) is 3.90. The van der Waals surface area contributed by atoms with Crippen LogP contribution in [0.2, 0.25) is 0 Å². The molecule has 0 bridgehead atoms. The van der Waals surface area contributed by atoms with Crippen LogP contribution in [-0.2, 0) is 4.79 Å². The number of amides is 1. The van der Waals surface area contributed by atoms with Crippen LogP contribution in [0.1, 0.15) is 18.4 Å². The van der Waals surface area contributed by atoms with Crippen LogP contribution in [0.4, 0.5) is 0 Å². The third-order valence-electron chi connectivity index (χ3n) is 2.51. The van der Waals surface area contributed by atoms with E-state index in [0.717, 1.165) is 28.6 Å². The van der Waals surface area contributed by atoms with Crippen LogP contribution in [-0.4, -0.2) is 19.2 Å². The number of carbonyl (C=O) groups excluding carboxylic acids is 1. The quantitative estimate of drug-likeness (QED) is 0.685. The molecule has 1 saturated carbocycles. The zero-order chi connectivity index (χ0) is 12.3. The molecule has 0 radical (unpaired) electrons. The van der Waals surface area contributed by atoms with Gasteiger partial charge in [-0.25, -0.2) is 5.43 Å². The van der Waals surface area contributed by atoms with Crippen molar-refractivity contribution in [2.75, 3.05) is 7.11 Å². The molecule has 1 aliphatic rings. The van der Waals surface area contributed by atoms with Crippen molar-refractivity contribution in [1.82, 2.24) is 5.43 Å². The SMILES string of the molecule is COc1ccc(/C=N\NC(=O)C2CC2)cc1Br. The Morgan fingerprint density at radius 1 is 1.59 bits per heavy atom. The molecule has 4 nitrogen and oxygen atoms in total. The summed E-state index contributed by atoms with van der Waals surface area (Å²) < 4.78 is 5.98. The summed E-state index contributed by atoms with van der Waals surface area (Å²) in [5.41, 5.74) is 3.42. The van der Waals surface area contributed by atoms with E-state index in [0.29, 0.717) is 0 Å². The van der Waals surface area contributed by atoms with E-state index in [2.05, 4.69) is 26.5 Å². The monoisotopic (exact) mass is 296 g/mol. The molecule has 0 heterocycles. The molecule has 90 valence electrons. The number of nitrogens with zero attached hydrogens (tertiary/aromatic N) is 1. The van der Waals surface area contributed by atoms with Gasteiger partial charge in [0.05, 0.1) is 17.8 Å². The first-order chi connectivity index (χ1) is 8.20. The molecular weight excluding hydrogens is 284 g/mol. The average molecular weight is 297 g/mol. The van der Waals surface area contributed by atoms with Crippen LogP contribution >= 0.6 is 15.9 Å². The lowest BCUT2D eigenvalue weighted by atomic mass is 10.2. The Bertz CT molecular complexity index is 456. The van der Waals surface area contributed by atoms with Crippen molar-refractivity contribution in [3.63, 3.8) is 0 Å². The highest BCUT2D eigenvalue weighted by atomic mass is 79.9. The molecule has 1 amide bonds. The second-order valence-corrected chi connectivity index (χ2v) is 4.76. The van der Waals surface area contributed by atoms with Gasteiger partial charge in [0.25, 0.3) is 0 Å². The normalized spacial score (nSPS) is 14.9. The van der Waals surface area contributed by atoms with E-state index < -0.39 is 0 Å². The Labute approximate surface area is 108 Å². The second kappa shape index (κ2) is 5.31. The minimum Gasteiger partial charge on any atom is -0.496 e. The summed E-state index contributed by atoms with van der Waals surface area (Å²) in [5.74, 6) is 0.952. The predicted molar refractivity (Wildman–Crippen MR) is 69.2 cm³/mol. The molecular formula is C12H13BrN2O2. The lowest BCUT2D eigenvalue weighted by Gasteiger charge is -2.03. The minimum atomic E-state index is 0.00817. The number of ether oxygens (including phenoxy) is 1. The third-order valence-corrected chi connectivity index (χ3v) is 3.13. The maximum Gasteiger partial charge on any atom is 0.243 e. The van der Waals surface area contributed by atoms with Gasteiger partial charge in [0.2, 0.25) is 5.91 Å². The maximum absolute atomic E-state index is 11.3. The topological polar surface area (TPSA) is 50.7 Å². The van der Waals surface area contributed by atoms with Crippen LogP contribution in [0.5, 0.6) is 5.75 Å². The van der Waals surface area contributed by atoms with E-state index in [1.807, 2.05) is 18.2 Å². The Morgan fingerprint density at radius 3 is 2.94 bits per heavy atom. The molecule has 0 saturated heterocycles. The van der Waals surface area contributed by atoms with Crippen molar-refractivity contribution in [2.24, 2.45) is 11.0 Å². The van der Waals surface area contributed by atoms with Gasteiger partial charge in [-0.2, -0.15) is 5.10 Å². The molecule has 0 unspecified atom stereocenters. The number of hydrogen-bond acceptors (Lipinski definition) is 3. The molecule has 1 N–H and O–H groups in total. The van der Waals surface area contributed by atoms with Crippen LogP contribution in [0.25, 0.3) is 0 Å². The molecule has 17 heavy (non-hydrogen) atoms. The highest BCUT2D eigenvalue weighted by Gasteiger charge is 2.29. The smallest absolute Gasteiger partial charge is 0.243 e. The van der Waals surface area contributed by atoms with Crippen molar-refractivity contribution < 1.29 is 9.53 Å². The highest BCUT2D eigenvalue weighted by molar-refractivity contribution is 9.10. The van der Waals surface area contributed by atoms with Crippen molar-refractivity contribution >= 4 is 28.1 Å². The van der Waals surface area contributed by atoms with Gasteiger partial charge in [0.15, 0.2) is 0 Å². The van der Waals surface area contributed by atoms with Crippen LogP contribution in [0.15, 0.2) is 27.8 Å². The Morgan fingerprint density at radius 2 is 2.35 bits per heavy atom. The first-order valence-corrected chi connectivity index (χ1v) is 6.16. The molecule has 0 aromatic heterocycles. The number of carbonyl (C=O) groups is 1. The van der Waals surface area contributed by atoms with Gasteiger partial charge in [-0.1, -0.05) is 0 Å². The molecule has 2 rings (SSSR count). The molecule has 1 aliphatic carbocycles. The summed E-state index contributed by atoms with van der Waals surface area (Å²) in [7, 11) is 1.61. The van der Waals surface area contributed by atoms with Gasteiger partial charge in [-0.05, 0) is 52.5 Å². The molecule has 1 fully saturated rings.